The van der Waals surface area contributed by atoms with Gasteiger partial charge >= 0.3 is 0 Å². The first-order chi connectivity index (χ1) is 8.98. The second-order valence-corrected chi connectivity index (χ2v) is 5.45. The van der Waals surface area contributed by atoms with E-state index in [0.29, 0.717) is 0 Å². The van der Waals surface area contributed by atoms with Crippen LogP contribution in [0.4, 0.5) is 0 Å². The summed E-state index contributed by atoms with van der Waals surface area (Å²) in [4.78, 5) is 2.37. The molecule has 6 nitrogen and oxygen atoms in total. The first-order valence-electron chi connectivity index (χ1n) is 6.62. The van der Waals surface area contributed by atoms with Crippen LogP contribution >= 0.6 is 0 Å². The van der Waals surface area contributed by atoms with Gasteiger partial charge in [0.25, 0.3) is 0 Å². The molecule has 6 heteroatoms. The second-order valence-electron chi connectivity index (χ2n) is 5.45. The molecule has 1 aromatic heterocycles. The minimum Gasteiger partial charge on any atom is -0.493 e. The Morgan fingerprint density at radius 3 is 2.63 bits per heavy atom. The van der Waals surface area contributed by atoms with E-state index in [1.54, 1.807) is 18.0 Å². The lowest BCUT2D eigenvalue weighted by Crippen LogP contribution is -2.55. The van der Waals surface area contributed by atoms with Gasteiger partial charge in [0, 0.05) is 25.7 Å². The first kappa shape index (κ1) is 14.3. The predicted molar refractivity (Wildman–Crippen MR) is 73.2 cm³/mol. The molecule has 1 aromatic rings. The number of aromatic nitrogens is 2. The van der Waals surface area contributed by atoms with Gasteiger partial charge in [0.1, 0.15) is 0 Å². The molecular weight excluding hydrogens is 244 g/mol. The summed E-state index contributed by atoms with van der Waals surface area (Å²) in [6.07, 6.45) is 1.71. The van der Waals surface area contributed by atoms with Gasteiger partial charge in [0.2, 0.25) is 0 Å². The molecule has 108 valence electrons. The fraction of sp³-hybridized carbons (Fsp3) is 0.769. The van der Waals surface area contributed by atoms with Crippen molar-refractivity contribution in [2.24, 2.45) is 12.8 Å². The number of nitrogens with zero attached hydrogens (tertiary/aromatic N) is 3. The smallest absolute Gasteiger partial charge is 0.161 e. The van der Waals surface area contributed by atoms with Crippen LogP contribution in [0.15, 0.2) is 6.20 Å². The minimum absolute atomic E-state index is 0.173. The van der Waals surface area contributed by atoms with E-state index >= 15 is 0 Å². The molecule has 2 N–H and O–H groups in total. The normalized spacial score (nSPS) is 19.4. The van der Waals surface area contributed by atoms with Crippen LogP contribution in [0.3, 0.4) is 0 Å². The molecular formula is C13H24N4O2. The van der Waals surface area contributed by atoms with E-state index in [2.05, 4.69) is 23.8 Å². The highest BCUT2D eigenvalue weighted by Crippen LogP contribution is 2.34. The monoisotopic (exact) mass is 268 g/mol. The van der Waals surface area contributed by atoms with Gasteiger partial charge in [0.15, 0.2) is 5.75 Å². The van der Waals surface area contributed by atoms with Crippen LogP contribution in [-0.4, -0.2) is 53.6 Å². The highest BCUT2D eigenvalue weighted by atomic mass is 16.5. The Morgan fingerprint density at radius 1 is 1.42 bits per heavy atom. The van der Waals surface area contributed by atoms with Gasteiger partial charge in [-0.15, -0.1) is 0 Å². The average Bonchev–Trinajstić information content (AvgIpc) is 2.79. The Labute approximate surface area is 114 Å². The van der Waals surface area contributed by atoms with E-state index in [-0.39, 0.29) is 11.6 Å². The molecule has 2 heterocycles. The molecule has 19 heavy (non-hydrogen) atoms. The number of nitrogens with two attached hydrogens (primary N) is 1. The summed E-state index contributed by atoms with van der Waals surface area (Å²) < 4.78 is 12.6. The van der Waals surface area contributed by atoms with Crippen LogP contribution in [0.1, 0.15) is 25.6 Å². The van der Waals surface area contributed by atoms with Crippen molar-refractivity contribution in [1.82, 2.24) is 14.7 Å². The number of rotatable bonds is 4. The molecule has 0 radical (unpaired) electrons. The van der Waals surface area contributed by atoms with E-state index in [1.165, 1.54) is 0 Å². The van der Waals surface area contributed by atoms with E-state index in [1.807, 2.05) is 7.05 Å². The van der Waals surface area contributed by atoms with Crippen LogP contribution in [0.25, 0.3) is 0 Å². The Morgan fingerprint density at radius 2 is 2.05 bits per heavy atom. The van der Waals surface area contributed by atoms with Crippen molar-refractivity contribution >= 4 is 0 Å². The highest BCUT2D eigenvalue weighted by Gasteiger charge is 2.37. The third-order valence-corrected chi connectivity index (χ3v) is 4.05. The van der Waals surface area contributed by atoms with Crippen molar-refractivity contribution in [3.8, 4) is 5.75 Å². The number of hydrogen-bond acceptors (Lipinski definition) is 5. The zero-order chi connectivity index (χ0) is 14.0. The van der Waals surface area contributed by atoms with Crippen molar-refractivity contribution in [2.45, 2.75) is 25.4 Å². The lowest BCUT2D eigenvalue weighted by Gasteiger charge is -2.44. The molecule has 0 spiro atoms. The summed E-state index contributed by atoms with van der Waals surface area (Å²) in [5.41, 5.74) is 7.26. The summed E-state index contributed by atoms with van der Waals surface area (Å²) in [5.74, 6) is 0.747. The standard InChI is InChI=1S/C13H24N4O2/c1-13(2,17-5-7-19-8-6-17)12(14)11-10(18-4)9-15-16(11)3/h9,12H,5-8,14H2,1-4H3. The zero-order valence-electron chi connectivity index (χ0n) is 12.2. The van der Waals surface area contributed by atoms with E-state index in [4.69, 9.17) is 15.2 Å². The van der Waals surface area contributed by atoms with Crippen LogP contribution in [0.5, 0.6) is 5.75 Å². The Kier molecular flexibility index (Phi) is 4.13. The maximum atomic E-state index is 6.50. The number of aryl methyl sites for hydroxylation is 1. The third kappa shape index (κ3) is 2.61. The third-order valence-electron chi connectivity index (χ3n) is 4.05. The maximum absolute atomic E-state index is 6.50. The minimum atomic E-state index is -0.176. The van der Waals surface area contributed by atoms with Gasteiger partial charge in [-0.2, -0.15) is 5.10 Å². The number of hydrogen-bond donors (Lipinski definition) is 1. The van der Waals surface area contributed by atoms with Crippen molar-refractivity contribution < 1.29 is 9.47 Å². The van der Waals surface area contributed by atoms with Crippen LogP contribution in [0, 0.1) is 0 Å². The SMILES string of the molecule is COc1cnn(C)c1C(N)C(C)(C)N1CCOCC1. The van der Waals surface area contributed by atoms with Gasteiger partial charge in [-0.25, -0.2) is 0 Å². The number of morpholine rings is 1. The average molecular weight is 268 g/mol. The Balaban J connectivity index is 2.25. The second kappa shape index (κ2) is 5.48. The lowest BCUT2D eigenvalue weighted by molar-refractivity contribution is -0.0200. The van der Waals surface area contributed by atoms with E-state index < -0.39 is 0 Å². The quantitative estimate of drug-likeness (QED) is 0.863. The molecule has 1 fully saturated rings. The van der Waals surface area contributed by atoms with Crippen molar-refractivity contribution in [1.29, 1.82) is 0 Å². The lowest BCUT2D eigenvalue weighted by atomic mass is 9.89. The Bertz CT molecular complexity index is 424. The number of ether oxygens (including phenoxy) is 2. The highest BCUT2D eigenvalue weighted by molar-refractivity contribution is 5.30. The molecule has 1 aliphatic rings. The van der Waals surface area contributed by atoms with Gasteiger partial charge in [-0.1, -0.05) is 0 Å². The molecule has 1 saturated heterocycles. The summed E-state index contributed by atoms with van der Waals surface area (Å²) in [6.45, 7) is 7.66. The summed E-state index contributed by atoms with van der Waals surface area (Å²) in [6, 6.07) is -0.173. The molecule has 1 unspecified atom stereocenters. The molecule has 0 saturated carbocycles. The fourth-order valence-electron chi connectivity index (χ4n) is 2.61. The summed E-state index contributed by atoms with van der Waals surface area (Å²) in [7, 11) is 3.54. The molecule has 0 bridgehead atoms. The topological polar surface area (TPSA) is 65.5 Å². The Hall–Kier alpha value is -1.11. The van der Waals surface area contributed by atoms with Crippen LogP contribution in [0.2, 0.25) is 0 Å². The first-order valence-corrected chi connectivity index (χ1v) is 6.62. The molecule has 1 aliphatic heterocycles. The van der Waals surface area contributed by atoms with Gasteiger partial charge in [0.05, 0.1) is 38.3 Å². The maximum Gasteiger partial charge on any atom is 0.161 e. The van der Waals surface area contributed by atoms with Crippen molar-refractivity contribution in [2.75, 3.05) is 33.4 Å². The van der Waals surface area contributed by atoms with Gasteiger partial charge in [-0.3, -0.25) is 9.58 Å². The van der Waals surface area contributed by atoms with Crippen LogP contribution in [-0.2, 0) is 11.8 Å². The molecule has 0 amide bonds. The fourth-order valence-corrected chi connectivity index (χ4v) is 2.61. The molecule has 1 atom stereocenters. The van der Waals surface area contributed by atoms with Gasteiger partial charge < -0.3 is 15.2 Å². The molecule has 2 rings (SSSR count). The van der Waals surface area contributed by atoms with E-state index in [0.717, 1.165) is 37.7 Å². The van der Waals surface area contributed by atoms with Crippen LogP contribution < -0.4 is 10.5 Å². The van der Waals surface area contributed by atoms with E-state index in [9.17, 15) is 0 Å². The zero-order valence-corrected chi connectivity index (χ0v) is 12.2. The molecule has 0 aliphatic carbocycles. The largest absolute Gasteiger partial charge is 0.493 e. The number of methoxy groups -OCH3 is 1. The summed E-state index contributed by atoms with van der Waals surface area (Å²) >= 11 is 0. The molecule has 0 aromatic carbocycles. The van der Waals surface area contributed by atoms with Gasteiger partial charge in [-0.05, 0) is 13.8 Å². The van der Waals surface area contributed by atoms with Crippen molar-refractivity contribution in [3.63, 3.8) is 0 Å². The predicted octanol–water partition coefficient (Wildman–Crippen LogP) is 0.539. The van der Waals surface area contributed by atoms with Crippen molar-refractivity contribution in [3.05, 3.63) is 11.9 Å². The summed E-state index contributed by atoms with van der Waals surface area (Å²) in [5, 5.41) is 4.24.